The van der Waals surface area contributed by atoms with Gasteiger partial charge in [-0.25, -0.2) is 4.79 Å². The number of benzene rings is 1. The third-order valence-corrected chi connectivity index (χ3v) is 5.51. The SMILES string of the molecule is CCCn1c(=O)c2c(nc3n2C[C@@H](C)CN3c2cc(C)ccc2OC)n(C)c1=O. The molecule has 2 aromatic heterocycles. The molecule has 0 unspecified atom stereocenters. The average Bonchev–Trinajstić information content (AvgIpc) is 3.08. The fraction of sp³-hybridized carbons (Fsp3) is 0.476. The average molecular weight is 397 g/mol. The van der Waals surface area contributed by atoms with Gasteiger partial charge in [-0.2, -0.15) is 4.98 Å². The molecule has 3 aromatic rings. The molecule has 1 aliphatic rings. The van der Waals surface area contributed by atoms with Crippen LogP contribution in [0.5, 0.6) is 5.75 Å². The van der Waals surface area contributed by atoms with Crippen LogP contribution in [0.1, 0.15) is 25.8 Å². The maximum absolute atomic E-state index is 13.2. The van der Waals surface area contributed by atoms with Gasteiger partial charge in [-0.1, -0.05) is 19.9 Å². The van der Waals surface area contributed by atoms with E-state index >= 15 is 0 Å². The Labute approximate surface area is 169 Å². The van der Waals surface area contributed by atoms with Crippen molar-refractivity contribution in [1.82, 2.24) is 18.7 Å². The summed E-state index contributed by atoms with van der Waals surface area (Å²) in [5, 5.41) is 0. The molecule has 8 nitrogen and oxygen atoms in total. The van der Waals surface area contributed by atoms with Gasteiger partial charge in [-0.15, -0.1) is 0 Å². The van der Waals surface area contributed by atoms with Gasteiger partial charge in [-0.05, 0) is 37.0 Å². The minimum atomic E-state index is -0.326. The Morgan fingerprint density at radius 1 is 1.24 bits per heavy atom. The van der Waals surface area contributed by atoms with Crippen LogP contribution in [0.2, 0.25) is 0 Å². The molecule has 1 atom stereocenters. The Morgan fingerprint density at radius 3 is 2.69 bits per heavy atom. The van der Waals surface area contributed by atoms with Gasteiger partial charge in [0.1, 0.15) is 5.75 Å². The predicted octanol–water partition coefficient (Wildman–Crippen LogP) is 2.41. The molecule has 0 N–H and O–H groups in total. The smallest absolute Gasteiger partial charge is 0.332 e. The highest BCUT2D eigenvalue weighted by Gasteiger charge is 2.31. The van der Waals surface area contributed by atoms with E-state index in [0.717, 1.165) is 23.5 Å². The fourth-order valence-electron chi connectivity index (χ4n) is 4.14. The molecular formula is C21H27N5O3. The molecule has 0 saturated carbocycles. The second-order valence-electron chi connectivity index (χ2n) is 7.88. The van der Waals surface area contributed by atoms with Gasteiger partial charge in [-0.3, -0.25) is 13.9 Å². The van der Waals surface area contributed by atoms with Crippen molar-refractivity contribution in [3.8, 4) is 5.75 Å². The van der Waals surface area contributed by atoms with Crippen LogP contribution >= 0.6 is 0 Å². The Hall–Kier alpha value is -3.03. The monoisotopic (exact) mass is 397 g/mol. The van der Waals surface area contributed by atoms with E-state index in [0.29, 0.717) is 42.5 Å². The molecule has 1 aromatic carbocycles. The number of hydrogen-bond acceptors (Lipinski definition) is 5. The summed E-state index contributed by atoms with van der Waals surface area (Å²) in [4.78, 5) is 32.8. The lowest BCUT2D eigenvalue weighted by molar-refractivity contribution is 0.409. The van der Waals surface area contributed by atoms with E-state index < -0.39 is 0 Å². The summed E-state index contributed by atoms with van der Waals surface area (Å²) in [7, 11) is 3.33. The molecule has 0 radical (unpaired) electrons. The Balaban J connectivity index is 2.03. The van der Waals surface area contributed by atoms with Gasteiger partial charge in [0.15, 0.2) is 11.2 Å². The number of ether oxygens (including phenoxy) is 1. The van der Waals surface area contributed by atoms with Crippen LogP contribution in [0, 0.1) is 12.8 Å². The number of fused-ring (bicyclic) bond motifs is 3. The summed E-state index contributed by atoms with van der Waals surface area (Å²) in [5.74, 6) is 1.71. The highest BCUT2D eigenvalue weighted by Crippen LogP contribution is 2.38. The highest BCUT2D eigenvalue weighted by atomic mass is 16.5. The quantitative estimate of drug-likeness (QED) is 0.676. The highest BCUT2D eigenvalue weighted by molar-refractivity contribution is 5.78. The van der Waals surface area contributed by atoms with Crippen LogP contribution in [-0.2, 0) is 20.1 Å². The molecule has 1 aliphatic heterocycles. The van der Waals surface area contributed by atoms with Crippen molar-refractivity contribution in [2.45, 2.75) is 40.3 Å². The molecule has 3 heterocycles. The van der Waals surface area contributed by atoms with Gasteiger partial charge in [0.2, 0.25) is 5.95 Å². The van der Waals surface area contributed by atoms with Crippen LogP contribution in [0.25, 0.3) is 11.2 Å². The molecule has 0 amide bonds. The molecule has 29 heavy (non-hydrogen) atoms. The van der Waals surface area contributed by atoms with E-state index in [4.69, 9.17) is 9.72 Å². The number of rotatable bonds is 4. The van der Waals surface area contributed by atoms with E-state index in [1.165, 1.54) is 9.13 Å². The van der Waals surface area contributed by atoms with Gasteiger partial charge >= 0.3 is 5.69 Å². The van der Waals surface area contributed by atoms with Crippen molar-refractivity contribution in [3.05, 3.63) is 44.6 Å². The fourth-order valence-corrected chi connectivity index (χ4v) is 4.14. The molecule has 8 heteroatoms. The van der Waals surface area contributed by atoms with Gasteiger partial charge < -0.3 is 14.2 Å². The molecule has 0 bridgehead atoms. The molecule has 154 valence electrons. The number of nitrogens with zero attached hydrogens (tertiary/aromatic N) is 5. The zero-order chi connectivity index (χ0) is 20.9. The summed E-state index contributed by atoms with van der Waals surface area (Å²) < 4.78 is 10.3. The van der Waals surface area contributed by atoms with E-state index in [1.807, 2.05) is 30.5 Å². The lowest BCUT2D eigenvalue weighted by Crippen LogP contribution is -2.40. The Kier molecular flexibility index (Phi) is 4.72. The van der Waals surface area contributed by atoms with E-state index in [2.05, 4.69) is 17.9 Å². The van der Waals surface area contributed by atoms with Crippen LogP contribution in [0.3, 0.4) is 0 Å². The topological polar surface area (TPSA) is 74.3 Å². The van der Waals surface area contributed by atoms with Gasteiger partial charge in [0, 0.05) is 26.7 Å². The first-order chi connectivity index (χ1) is 13.9. The summed E-state index contributed by atoms with van der Waals surface area (Å²) in [6.45, 7) is 7.96. The predicted molar refractivity (Wildman–Crippen MR) is 113 cm³/mol. The van der Waals surface area contributed by atoms with Crippen molar-refractivity contribution in [2.75, 3.05) is 18.6 Å². The van der Waals surface area contributed by atoms with Gasteiger partial charge in [0.25, 0.3) is 5.56 Å². The third kappa shape index (κ3) is 2.94. The Bertz CT molecular complexity index is 1200. The van der Waals surface area contributed by atoms with Crippen LogP contribution in [0.4, 0.5) is 11.6 Å². The van der Waals surface area contributed by atoms with Crippen molar-refractivity contribution >= 4 is 22.8 Å². The second kappa shape index (κ2) is 7.09. The van der Waals surface area contributed by atoms with E-state index in [9.17, 15) is 9.59 Å². The molecule has 0 aliphatic carbocycles. The van der Waals surface area contributed by atoms with Crippen molar-refractivity contribution in [2.24, 2.45) is 13.0 Å². The van der Waals surface area contributed by atoms with Crippen LogP contribution < -0.4 is 20.9 Å². The summed E-state index contributed by atoms with van der Waals surface area (Å²) in [5.41, 5.74) is 2.34. The summed E-state index contributed by atoms with van der Waals surface area (Å²) >= 11 is 0. The molecule has 0 fully saturated rings. The number of hydrogen-bond donors (Lipinski definition) is 0. The third-order valence-electron chi connectivity index (χ3n) is 5.51. The zero-order valence-electron chi connectivity index (χ0n) is 17.6. The van der Waals surface area contributed by atoms with Crippen molar-refractivity contribution < 1.29 is 4.74 Å². The molecule has 4 rings (SSSR count). The van der Waals surface area contributed by atoms with Gasteiger partial charge in [0.05, 0.1) is 12.8 Å². The number of methoxy groups -OCH3 is 1. The maximum atomic E-state index is 13.2. The molecule has 0 spiro atoms. The van der Waals surface area contributed by atoms with E-state index in [1.54, 1.807) is 14.2 Å². The first-order valence-corrected chi connectivity index (χ1v) is 9.99. The maximum Gasteiger partial charge on any atom is 0.332 e. The lowest BCUT2D eigenvalue weighted by Gasteiger charge is -2.33. The standard InChI is InChI=1S/C21H27N5O3/c1-6-9-24-19(27)17-18(23(4)21(24)28)22-20-25(11-14(3)12-26(17)20)15-10-13(2)7-8-16(15)29-5/h7-8,10,14H,6,9,11-12H2,1-5H3/t14-/m0/s1. The normalized spacial score (nSPS) is 16.3. The first-order valence-electron chi connectivity index (χ1n) is 9.99. The largest absolute Gasteiger partial charge is 0.495 e. The molecular weight excluding hydrogens is 370 g/mol. The number of anilines is 2. The van der Waals surface area contributed by atoms with E-state index in [-0.39, 0.29) is 11.2 Å². The van der Waals surface area contributed by atoms with Crippen molar-refractivity contribution in [3.63, 3.8) is 0 Å². The number of aromatic nitrogens is 4. The van der Waals surface area contributed by atoms with Crippen molar-refractivity contribution in [1.29, 1.82) is 0 Å². The number of aryl methyl sites for hydroxylation is 2. The van der Waals surface area contributed by atoms with Crippen LogP contribution in [-0.4, -0.2) is 32.3 Å². The Morgan fingerprint density at radius 2 is 2.00 bits per heavy atom. The minimum Gasteiger partial charge on any atom is -0.495 e. The van der Waals surface area contributed by atoms with Crippen LogP contribution in [0.15, 0.2) is 27.8 Å². The summed E-state index contributed by atoms with van der Waals surface area (Å²) in [6, 6.07) is 6.02. The molecule has 0 saturated heterocycles. The number of imidazole rings is 1. The first kappa shape index (κ1) is 19.3. The summed E-state index contributed by atoms with van der Waals surface area (Å²) in [6.07, 6.45) is 0.713. The zero-order valence-corrected chi connectivity index (χ0v) is 17.6. The second-order valence-corrected chi connectivity index (χ2v) is 7.88. The lowest BCUT2D eigenvalue weighted by atomic mass is 10.1. The minimum absolute atomic E-state index is 0.269.